The van der Waals surface area contributed by atoms with Gasteiger partial charge in [-0.05, 0) is 0 Å². The summed E-state index contributed by atoms with van der Waals surface area (Å²) in [4.78, 5) is 66.1. The monoisotopic (exact) mass is 570 g/mol. The van der Waals surface area contributed by atoms with Crippen molar-refractivity contribution < 1.29 is 280 Å². The molecule has 0 spiro atoms. The van der Waals surface area contributed by atoms with Crippen molar-refractivity contribution in [2.75, 3.05) is 0 Å². The quantitative estimate of drug-likeness (QED) is 0.180. The summed E-state index contributed by atoms with van der Waals surface area (Å²) in [6, 6.07) is 0. The van der Waals surface area contributed by atoms with Crippen LogP contribution in [0.1, 0.15) is 0 Å². The van der Waals surface area contributed by atoms with Gasteiger partial charge in [0.1, 0.15) is 0 Å². The van der Waals surface area contributed by atoms with Crippen molar-refractivity contribution in [3.8, 4) is 0 Å². The van der Waals surface area contributed by atoms with Crippen LogP contribution in [0.3, 0.4) is 0 Å². The molecule has 3 unspecified atom stereocenters. The maximum atomic E-state index is 10.8. The average molecular weight is 570 g/mol. The van der Waals surface area contributed by atoms with E-state index in [1.165, 1.54) is 0 Å². The molecule has 0 rings (SSSR count). The van der Waals surface area contributed by atoms with Crippen LogP contribution in [0.5, 0.6) is 0 Å². The van der Waals surface area contributed by atoms with Crippen LogP contribution in [0.4, 0.5) is 0 Å². The third kappa shape index (κ3) is 27.4. The van der Waals surface area contributed by atoms with Crippen molar-refractivity contribution in [3.63, 3.8) is 0 Å². The second-order valence-corrected chi connectivity index (χ2v) is 9.84. The fourth-order valence-corrected chi connectivity index (χ4v) is 5.76. The van der Waals surface area contributed by atoms with Gasteiger partial charge in [-0.3, -0.25) is 13.4 Å². The summed E-state index contributed by atoms with van der Waals surface area (Å²) < 4.78 is 63.8. The van der Waals surface area contributed by atoms with Crippen LogP contribution in [0, 0.1) is 0 Å². The van der Waals surface area contributed by atoms with Crippen molar-refractivity contribution >= 4 is 39.1 Å². The molecule has 0 aromatic heterocycles. The summed E-state index contributed by atoms with van der Waals surface area (Å²) in [5.41, 5.74) is 0. The normalized spacial score (nSPS) is 18.5. The van der Waals surface area contributed by atoms with E-state index < -0.39 is 39.1 Å². The van der Waals surface area contributed by atoms with Gasteiger partial charge >= 0.3 is 221 Å². The van der Waals surface area contributed by atoms with Crippen LogP contribution in [-0.4, -0.2) is 14.7 Å². The van der Waals surface area contributed by atoms with E-state index in [0.717, 1.165) is 0 Å². The molecule has 16 nitrogen and oxygen atoms in total. The fourth-order valence-electron chi connectivity index (χ4n) is 0.550. The molecule has 0 aliphatic heterocycles. The second-order valence-electron chi connectivity index (χ2n) is 2.63. The Balaban J connectivity index is -0.000000333. The molecule has 0 heterocycles. The molecule has 0 saturated carbocycles. The van der Waals surface area contributed by atoms with Crippen molar-refractivity contribution in [2.24, 2.45) is 0 Å². The summed E-state index contributed by atoms with van der Waals surface area (Å²) in [6.07, 6.45) is 0. The molecule has 25 heteroatoms. The van der Waals surface area contributed by atoms with E-state index in [4.69, 9.17) is 14.7 Å². The van der Waals surface area contributed by atoms with Gasteiger partial charge in [-0.25, -0.2) is 17.8 Å². The zero-order valence-electron chi connectivity index (χ0n) is 12.9. The van der Waals surface area contributed by atoms with E-state index >= 15 is 0 Å². The van der Waals surface area contributed by atoms with Crippen LogP contribution >= 0.6 is 39.1 Å². The Morgan fingerprint density at radius 3 is 1.16 bits per heavy atom. The van der Waals surface area contributed by atoms with Crippen molar-refractivity contribution in [1.29, 1.82) is 0 Å². The Hall–Kier alpha value is 7.26. The van der Waals surface area contributed by atoms with Crippen LogP contribution in [0.15, 0.2) is 0 Å². The number of phosphoric acid groups is 5. The molecule has 0 fully saturated rings. The first-order valence-electron chi connectivity index (χ1n) is 3.70. The Morgan fingerprint density at radius 2 is 0.880 bits per heavy atom. The maximum Gasteiger partial charge on any atom is 1.00 e. The molecule has 128 valence electrons. The summed E-state index contributed by atoms with van der Waals surface area (Å²) in [5.74, 6) is 0. The van der Waals surface area contributed by atoms with Crippen LogP contribution in [-0.2, 0) is 40.1 Å². The minimum atomic E-state index is -6.44. The van der Waals surface area contributed by atoms with Gasteiger partial charge in [0.2, 0.25) is 0 Å². The zero-order chi connectivity index (χ0) is 17.3. The first-order valence-corrected chi connectivity index (χ1v) is 11.1. The minimum Gasteiger partial charge on any atom is -0.790 e. The topological polar surface area (TPSA) is 275 Å². The summed E-state index contributed by atoms with van der Waals surface area (Å²) in [5, 5.41) is 0. The molecule has 0 bridgehead atoms. The second kappa shape index (κ2) is 16.8. The smallest absolute Gasteiger partial charge is 0.790 e. The fraction of sp³-hybridized carbons (Fsp3) is 0. The van der Waals surface area contributed by atoms with Gasteiger partial charge in [-0.2, -0.15) is 4.31 Å². The number of hydrogen-bond acceptors (Lipinski definition) is 13. The van der Waals surface area contributed by atoms with Gasteiger partial charge in [0.15, 0.2) is 0 Å². The van der Waals surface area contributed by atoms with Gasteiger partial charge in [-0.15, -0.1) is 0 Å². The van der Waals surface area contributed by atoms with E-state index in [1.54, 1.807) is 0 Å². The van der Waals surface area contributed by atoms with E-state index in [-0.39, 0.29) is 206 Å². The molecule has 0 amide bonds. The molecule has 0 radical (unpaired) electrons. The zero-order valence-corrected chi connectivity index (χ0v) is 29.8. The van der Waals surface area contributed by atoms with Crippen molar-refractivity contribution in [3.05, 3.63) is 0 Å². The third-order valence-electron chi connectivity index (χ3n) is 0.813. The summed E-state index contributed by atoms with van der Waals surface area (Å²) in [6.45, 7) is 0. The maximum absolute atomic E-state index is 10.8. The van der Waals surface area contributed by atoms with Crippen molar-refractivity contribution in [1.82, 2.24) is 0 Å². The Kier molecular flexibility index (Phi) is 28.5. The van der Waals surface area contributed by atoms with E-state index in [9.17, 15) is 42.4 Å². The summed E-state index contributed by atoms with van der Waals surface area (Å²) in [7, 11) is -30.9. The van der Waals surface area contributed by atoms with Crippen molar-refractivity contribution in [2.45, 2.75) is 0 Å². The first-order chi connectivity index (χ1) is 8.83. The van der Waals surface area contributed by atoms with E-state index in [0.29, 0.717) is 0 Å². The minimum absolute atomic E-state index is 0. The van der Waals surface area contributed by atoms with E-state index in [1.807, 2.05) is 0 Å². The standard InChI is InChI=1S/4K.H7O16P5/c;;;;1-17(2,3)13-19(7,8)15-21(11,12)16-20(9,10)14-18(4,5)6/h;;;;(H,7,8)(H,9,10)(H,11,12)(H2,1,2,3)(H2,4,5,6)/q4*+1;/p-4. The molecular formula is H3K4O16P5. The average Bonchev–Trinajstić information content (AvgIpc) is 1.83. The molecule has 25 heavy (non-hydrogen) atoms. The van der Waals surface area contributed by atoms with Gasteiger partial charge in [0, 0.05) is 0 Å². The third-order valence-corrected chi connectivity index (χ3v) is 7.31. The largest absolute Gasteiger partial charge is 1.00 e. The Bertz CT molecular complexity index is 562. The SMILES string of the molecule is O=P([O-])([O-])OP(=O)([O-])OP(=O)([O-])OP(=O)(O)OP(=O)(O)O.[K+].[K+].[K+].[K+]. The van der Waals surface area contributed by atoms with Crippen LogP contribution < -0.4 is 225 Å². The van der Waals surface area contributed by atoms with E-state index in [2.05, 4.69) is 17.2 Å². The number of rotatable bonds is 8. The van der Waals surface area contributed by atoms with Crippen LogP contribution in [0.25, 0.3) is 0 Å². The molecule has 0 aliphatic rings. The molecule has 0 aliphatic carbocycles. The molecule has 3 atom stereocenters. The predicted octanol–water partition coefficient (Wildman–Crippen LogP) is -15.0. The molecule has 0 saturated heterocycles. The van der Waals surface area contributed by atoms with Gasteiger partial charge in [0.05, 0.1) is 7.82 Å². The molecular weight excluding hydrogens is 567 g/mol. The first kappa shape index (κ1) is 42.4. The number of hydrogen-bond donors (Lipinski definition) is 3. The Labute approximate surface area is 310 Å². The van der Waals surface area contributed by atoms with Gasteiger partial charge < -0.3 is 38.8 Å². The van der Waals surface area contributed by atoms with Crippen LogP contribution in [0.2, 0.25) is 0 Å². The molecule has 0 aromatic carbocycles. The predicted molar refractivity (Wildman–Crippen MR) is 49.0 cm³/mol. The van der Waals surface area contributed by atoms with Gasteiger partial charge in [-0.1, -0.05) is 0 Å². The molecule has 3 N–H and O–H groups in total. The Morgan fingerprint density at radius 1 is 0.560 bits per heavy atom. The molecule has 0 aromatic rings. The summed E-state index contributed by atoms with van der Waals surface area (Å²) >= 11 is 0. The van der Waals surface area contributed by atoms with Gasteiger partial charge in [0.25, 0.3) is 15.6 Å².